The van der Waals surface area contributed by atoms with Crippen LogP contribution in [0, 0.1) is 0 Å². The van der Waals surface area contributed by atoms with Crippen LogP contribution >= 0.6 is 12.2 Å². The molecule has 1 atom stereocenters. The maximum Gasteiger partial charge on any atom is 0.258 e. The number of nitrogens with one attached hydrogen (secondary N) is 1. The topological polar surface area (TPSA) is 89.6 Å². The summed E-state index contributed by atoms with van der Waals surface area (Å²) < 4.78 is 0. The number of hydrogen-bond donors (Lipinski definition) is 2. The number of likely N-dealkylation sites (N-methyl/N-ethyl adjacent to an activating group) is 1. The number of nitrogens with two attached hydrogens (primary N) is 1. The Kier molecular flexibility index (Phi) is 5.43. The third-order valence-electron chi connectivity index (χ3n) is 3.86. The zero-order chi connectivity index (χ0) is 16.0. The Morgan fingerprint density at radius 2 is 2.41 bits per heavy atom. The summed E-state index contributed by atoms with van der Waals surface area (Å²) in [6, 6.07) is 3.87. The fourth-order valence-electron chi connectivity index (χ4n) is 2.85. The molecule has 1 unspecified atom stereocenters. The lowest BCUT2D eigenvalue weighted by atomic mass is 9.68. The number of carbonyl (C=O) groups is 1. The van der Waals surface area contributed by atoms with Crippen molar-refractivity contribution in [3.05, 3.63) is 30.1 Å². The Morgan fingerprint density at radius 1 is 1.59 bits per heavy atom. The smallest absolute Gasteiger partial charge is 0.258 e. The number of aromatic nitrogens is 1. The third kappa shape index (κ3) is 3.24. The quantitative estimate of drug-likeness (QED) is 0.630. The van der Waals surface area contributed by atoms with Crippen molar-refractivity contribution >= 4 is 28.8 Å². The highest BCUT2D eigenvalue weighted by molar-refractivity contribution is 7.80. The first-order valence-corrected chi connectivity index (χ1v) is 7.62. The van der Waals surface area contributed by atoms with Gasteiger partial charge >= 0.3 is 0 Å². The van der Waals surface area contributed by atoms with Gasteiger partial charge in [-0.3, -0.25) is 9.78 Å². The van der Waals surface area contributed by atoms with Crippen LogP contribution in [0.5, 0.6) is 0 Å². The Bertz CT molecular complexity index is 576. The summed E-state index contributed by atoms with van der Waals surface area (Å²) in [6.45, 7) is -0.237. The molecule has 1 saturated carbocycles. The molecule has 0 bridgehead atoms. The average Bonchev–Trinajstić information content (AvgIpc) is 2.55. The number of thiocarbonyl (C=S) groups is 1. The second-order valence-electron chi connectivity index (χ2n) is 5.21. The summed E-state index contributed by atoms with van der Waals surface area (Å²) in [5.41, 5.74) is 6.35. The van der Waals surface area contributed by atoms with Crippen LogP contribution in [0.1, 0.15) is 31.2 Å². The summed E-state index contributed by atoms with van der Waals surface area (Å²) in [5, 5.41) is 7.26. The van der Waals surface area contributed by atoms with Gasteiger partial charge in [0, 0.05) is 19.4 Å². The van der Waals surface area contributed by atoms with Gasteiger partial charge in [-0.05, 0) is 30.9 Å². The molecule has 2 rings (SSSR count). The van der Waals surface area contributed by atoms with E-state index in [0.717, 1.165) is 37.0 Å². The van der Waals surface area contributed by atoms with E-state index in [1.54, 1.807) is 19.4 Å². The average molecular weight is 320 g/mol. The molecule has 6 nitrogen and oxygen atoms in total. The molecule has 7 heteroatoms. The van der Waals surface area contributed by atoms with E-state index in [1.165, 1.54) is 0 Å². The summed E-state index contributed by atoms with van der Waals surface area (Å²) in [6.07, 6.45) is 7.16. The highest BCUT2D eigenvalue weighted by atomic mass is 32.1. The highest BCUT2D eigenvalue weighted by Crippen LogP contribution is 2.38. The molecule has 1 aliphatic rings. The van der Waals surface area contributed by atoms with E-state index in [4.69, 9.17) is 22.8 Å². The molecule has 1 amide bonds. The van der Waals surface area contributed by atoms with Crippen molar-refractivity contribution in [2.24, 2.45) is 10.9 Å². The number of nitrogens with zero attached hydrogens (tertiary/aromatic N) is 2. The van der Waals surface area contributed by atoms with Gasteiger partial charge in [0.25, 0.3) is 5.91 Å². The minimum atomic E-state index is -0.552. The van der Waals surface area contributed by atoms with Crippen LogP contribution < -0.4 is 11.1 Å². The lowest BCUT2D eigenvalue weighted by molar-refractivity contribution is -0.122. The van der Waals surface area contributed by atoms with Gasteiger partial charge in [0.15, 0.2) is 6.61 Å². The summed E-state index contributed by atoms with van der Waals surface area (Å²) in [4.78, 5) is 20.8. The number of hydrogen-bond acceptors (Lipinski definition) is 5. The summed E-state index contributed by atoms with van der Waals surface area (Å²) >= 11 is 5.58. The number of oxime groups is 1. The minimum absolute atomic E-state index is 0.237. The van der Waals surface area contributed by atoms with Gasteiger partial charge in [-0.25, -0.2) is 0 Å². The Balaban J connectivity index is 2.43. The predicted molar refractivity (Wildman–Crippen MR) is 88.6 cm³/mol. The number of primary amides is 1. The molecule has 22 heavy (non-hydrogen) atoms. The van der Waals surface area contributed by atoms with Gasteiger partial charge in [0.2, 0.25) is 0 Å². The first-order valence-electron chi connectivity index (χ1n) is 7.21. The van der Waals surface area contributed by atoms with Gasteiger partial charge in [0.05, 0.1) is 16.1 Å². The van der Waals surface area contributed by atoms with Gasteiger partial charge in [-0.2, -0.15) is 0 Å². The minimum Gasteiger partial charge on any atom is -0.386 e. The van der Waals surface area contributed by atoms with Crippen LogP contribution in [0.15, 0.2) is 29.7 Å². The van der Waals surface area contributed by atoms with Crippen molar-refractivity contribution in [1.82, 2.24) is 10.3 Å². The zero-order valence-corrected chi connectivity index (χ0v) is 13.4. The van der Waals surface area contributed by atoms with E-state index in [0.29, 0.717) is 4.99 Å². The Labute approximate surface area is 135 Å². The number of rotatable bonds is 5. The predicted octanol–water partition coefficient (Wildman–Crippen LogP) is 1.30. The Morgan fingerprint density at radius 3 is 3.05 bits per heavy atom. The second-order valence-corrected chi connectivity index (χ2v) is 5.62. The molecule has 0 saturated heterocycles. The second kappa shape index (κ2) is 7.31. The number of carbonyl (C=O) groups excluding carboxylic acids is 1. The van der Waals surface area contributed by atoms with Crippen LogP contribution in [0.3, 0.4) is 0 Å². The monoisotopic (exact) mass is 320 g/mol. The van der Waals surface area contributed by atoms with Crippen molar-refractivity contribution in [3.63, 3.8) is 0 Å². The van der Waals surface area contributed by atoms with Crippen molar-refractivity contribution in [1.29, 1.82) is 0 Å². The maximum absolute atomic E-state index is 10.8. The molecule has 0 radical (unpaired) electrons. The van der Waals surface area contributed by atoms with E-state index < -0.39 is 11.3 Å². The van der Waals surface area contributed by atoms with Crippen LogP contribution in [0.2, 0.25) is 0 Å². The van der Waals surface area contributed by atoms with E-state index in [-0.39, 0.29) is 6.61 Å². The highest BCUT2D eigenvalue weighted by Gasteiger charge is 2.44. The summed E-state index contributed by atoms with van der Waals surface area (Å²) in [5.74, 6) is -0.552. The van der Waals surface area contributed by atoms with Crippen LogP contribution in [-0.2, 0) is 15.0 Å². The summed E-state index contributed by atoms with van der Waals surface area (Å²) in [7, 11) is 1.80. The van der Waals surface area contributed by atoms with Crippen LogP contribution in [0.4, 0.5) is 0 Å². The number of pyridine rings is 1. The van der Waals surface area contributed by atoms with Crippen LogP contribution in [-0.4, -0.2) is 35.2 Å². The van der Waals surface area contributed by atoms with Crippen molar-refractivity contribution in [2.45, 2.75) is 31.1 Å². The molecule has 0 spiro atoms. The van der Waals surface area contributed by atoms with E-state index in [9.17, 15) is 4.79 Å². The molecule has 0 aromatic carbocycles. The van der Waals surface area contributed by atoms with Gasteiger partial charge in [-0.1, -0.05) is 29.9 Å². The van der Waals surface area contributed by atoms with Gasteiger partial charge in [-0.15, -0.1) is 0 Å². The third-order valence-corrected chi connectivity index (χ3v) is 4.41. The molecule has 1 fully saturated rings. The first kappa shape index (κ1) is 16.4. The molecule has 1 aromatic heterocycles. The molecule has 3 N–H and O–H groups in total. The fraction of sp³-hybridized carbons (Fsp3) is 0.467. The Hall–Kier alpha value is -2.02. The van der Waals surface area contributed by atoms with Gasteiger partial charge in [0.1, 0.15) is 0 Å². The van der Waals surface area contributed by atoms with Crippen LogP contribution in [0.25, 0.3) is 0 Å². The zero-order valence-electron chi connectivity index (χ0n) is 12.5. The molecule has 0 aliphatic heterocycles. The van der Waals surface area contributed by atoms with E-state index >= 15 is 0 Å². The standard InChI is InChI=1S/C15H20N4O2S/c1-17-14(22)15(11-5-4-8-18-9-11)7-3-2-6-12(15)19-21-10-13(16)20/h4-5,8-9H,2-3,6-7,10H2,1H3,(H2,16,20)(H,17,22). The molecule has 1 heterocycles. The SMILES string of the molecule is CNC(=S)C1(c2cccnc2)CCCCC1=NOCC(N)=O. The molecule has 1 aliphatic carbocycles. The normalized spacial score (nSPS) is 23.0. The number of amides is 1. The first-order chi connectivity index (χ1) is 10.6. The lowest BCUT2D eigenvalue weighted by Crippen LogP contribution is -2.50. The lowest BCUT2D eigenvalue weighted by Gasteiger charge is -2.38. The van der Waals surface area contributed by atoms with E-state index in [2.05, 4.69) is 15.5 Å². The van der Waals surface area contributed by atoms with E-state index in [1.807, 2.05) is 12.1 Å². The van der Waals surface area contributed by atoms with Crippen molar-refractivity contribution in [3.8, 4) is 0 Å². The molecule has 1 aromatic rings. The van der Waals surface area contributed by atoms with Crippen molar-refractivity contribution < 1.29 is 9.63 Å². The van der Waals surface area contributed by atoms with Gasteiger partial charge < -0.3 is 15.9 Å². The fourth-order valence-corrected chi connectivity index (χ4v) is 3.19. The van der Waals surface area contributed by atoms with Crippen molar-refractivity contribution in [2.75, 3.05) is 13.7 Å². The largest absolute Gasteiger partial charge is 0.386 e. The molecular weight excluding hydrogens is 300 g/mol. The maximum atomic E-state index is 10.8. The molecule has 118 valence electrons. The molecular formula is C15H20N4O2S.